The summed E-state index contributed by atoms with van der Waals surface area (Å²) in [4.78, 5) is 22.6. The molecule has 0 aliphatic heterocycles. The lowest BCUT2D eigenvalue weighted by atomic mass is 10.2. The lowest BCUT2D eigenvalue weighted by Gasteiger charge is -2.06. The van der Waals surface area contributed by atoms with E-state index in [1.807, 2.05) is 25.1 Å². The molecular weight excluding hydrogens is 475 g/mol. The highest BCUT2D eigenvalue weighted by Crippen LogP contribution is 2.29. The Morgan fingerprint density at radius 1 is 1.14 bits per heavy atom. The molecule has 0 aliphatic rings. The van der Waals surface area contributed by atoms with Crippen LogP contribution in [0.3, 0.4) is 0 Å². The summed E-state index contributed by atoms with van der Waals surface area (Å²) in [5.74, 6) is -0.425. The number of nitrogens with two attached hydrogens (primary N) is 1. The van der Waals surface area contributed by atoms with Crippen molar-refractivity contribution in [2.45, 2.75) is 13.5 Å². The van der Waals surface area contributed by atoms with Crippen molar-refractivity contribution >= 4 is 40.1 Å². The van der Waals surface area contributed by atoms with Crippen LogP contribution in [0.2, 0.25) is 0 Å². The second-order valence-corrected chi connectivity index (χ2v) is 8.17. The number of aromatic hydroxyl groups is 1. The van der Waals surface area contributed by atoms with E-state index >= 15 is 0 Å². The van der Waals surface area contributed by atoms with Gasteiger partial charge >= 0.3 is 0 Å². The number of benzene rings is 3. The molecule has 5 aromatic rings. The van der Waals surface area contributed by atoms with E-state index < -0.39 is 5.91 Å². The molecule has 0 spiro atoms. The fourth-order valence-corrected chi connectivity index (χ4v) is 3.87. The van der Waals surface area contributed by atoms with Gasteiger partial charge in [0.05, 0.1) is 23.9 Å². The van der Waals surface area contributed by atoms with Gasteiger partial charge in [0.2, 0.25) is 0 Å². The molecule has 2 aromatic heterocycles. The van der Waals surface area contributed by atoms with Gasteiger partial charge in [-0.05, 0) is 60.5 Å². The molecule has 4 N–H and O–H groups in total. The van der Waals surface area contributed by atoms with E-state index in [2.05, 4.69) is 20.4 Å². The maximum atomic E-state index is 13.3. The van der Waals surface area contributed by atoms with Crippen molar-refractivity contribution in [2.24, 2.45) is 5.10 Å². The Morgan fingerprint density at radius 2 is 1.86 bits per heavy atom. The molecule has 0 fully saturated rings. The van der Waals surface area contributed by atoms with Gasteiger partial charge in [-0.25, -0.2) is 14.4 Å². The number of halogens is 1. The molecule has 0 bridgehead atoms. The molecule has 0 saturated carbocycles. The average Bonchev–Trinajstić information content (AvgIpc) is 3.17. The number of nitrogens with one attached hydrogen (secondary N) is 1. The number of nitrogen functional groups attached to an aromatic ring is 1. The minimum atomic E-state index is -0.464. The summed E-state index contributed by atoms with van der Waals surface area (Å²) < 4.78 is 20.0. The highest BCUT2D eigenvalue weighted by Gasteiger charge is 2.24. The van der Waals surface area contributed by atoms with Crippen LogP contribution in [-0.2, 0) is 6.54 Å². The number of rotatable bonds is 7. The highest BCUT2D eigenvalue weighted by molar-refractivity contribution is 6.10. The molecule has 5 rings (SSSR count). The Labute approximate surface area is 211 Å². The monoisotopic (exact) mass is 498 g/mol. The predicted octanol–water partition coefficient (Wildman–Crippen LogP) is 4.22. The molecule has 37 heavy (non-hydrogen) atoms. The van der Waals surface area contributed by atoms with Crippen molar-refractivity contribution in [3.05, 3.63) is 89.2 Å². The number of ether oxygens (including phenoxy) is 1. The van der Waals surface area contributed by atoms with Crippen molar-refractivity contribution in [3.63, 3.8) is 0 Å². The minimum Gasteiger partial charge on any atom is -0.504 e. The Hall–Kier alpha value is -4.99. The predicted molar refractivity (Wildman–Crippen MR) is 139 cm³/mol. The Morgan fingerprint density at radius 3 is 2.59 bits per heavy atom. The second kappa shape index (κ2) is 9.94. The molecule has 1 amide bonds. The maximum Gasteiger partial charge on any atom is 0.257 e. The van der Waals surface area contributed by atoms with Crippen LogP contribution in [0.5, 0.6) is 11.5 Å². The molecule has 2 heterocycles. The summed E-state index contributed by atoms with van der Waals surface area (Å²) in [6.07, 6.45) is 1.52. The van der Waals surface area contributed by atoms with Gasteiger partial charge in [-0.2, -0.15) is 9.78 Å². The van der Waals surface area contributed by atoms with Gasteiger partial charge in [0, 0.05) is 6.54 Å². The summed E-state index contributed by atoms with van der Waals surface area (Å²) in [5, 5.41) is 17.3. The van der Waals surface area contributed by atoms with E-state index in [1.165, 1.54) is 29.1 Å². The molecule has 0 saturated heterocycles. The number of amides is 1. The van der Waals surface area contributed by atoms with Crippen LogP contribution in [-0.4, -0.2) is 38.5 Å². The minimum absolute atomic E-state index is 0.0161. The number of hydrogen-bond donors (Lipinski definition) is 3. The summed E-state index contributed by atoms with van der Waals surface area (Å²) >= 11 is 0. The summed E-state index contributed by atoms with van der Waals surface area (Å²) in [7, 11) is 0. The zero-order valence-corrected chi connectivity index (χ0v) is 19.9. The average molecular weight is 499 g/mol. The van der Waals surface area contributed by atoms with Crippen LogP contribution in [0.15, 0.2) is 71.8 Å². The fourth-order valence-electron chi connectivity index (χ4n) is 3.87. The molecule has 10 heteroatoms. The lowest BCUT2D eigenvalue weighted by Crippen LogP contribution is -2.23. The number of anilines is 1. The molecular formula is C27H23FN6O3. The number of carbonyl (C=O) groups is 1. The van der Waals surface area contributed by atoms with Gasteiger partial charge in [-0.15, -0.1) is 0 Å². The molecule has 0 aliphatic carbocycles. The number of aromatic nitrogens is 3. The van der Waals surface area contributed by atoms with Gasteiger partial charge in [-0.3, -0.25) is 4.79 Å². The van der Waals surface area contributed by atoms with E-state index in [0.29, 0.717) is 40.1 Å². The summed E-state index contributed by atoms with van der Waals surface area (Å²) in [6, 6.07) is 17.9. The first-order valence-corrected chi connectivity index (χ1v) is 11.5. The molecule has 0 unspecified atom stereocenters. The van der Waals surface area contributed by atoms with Crippen LogP contribution in [0.25, 0.3) is 22.2 Å². The van der Waals surface area contributed by atoms with Gasteiger partial charge in [0.25, 0.3) is 5.91 Å². The third-order valence-corrected chi connectivity index (χ3v) is 5.67. The van der Waals surface area contributed by atoms with Crippen LogP contribution in [0.1, 0.15) is 28.4 Å². The summed E-state index contributed by atoms with van der Waals surface area (Å²) in [5.41, 5.74) is 9.75. The van der Waals surface area contributed by atoms with Crippen LogP contribution >= 0.6 is 0 Å². The van der Waals surface area contributed by atoms with E-state index in [4.69, 9.17) is 10.5 Å². The fraction of sp³-hybridized carbons (Fsp3) is 0.111. The van der Waals surface area contributed by atoms with Gasteiger partial charge in [0.15, 0.2) is 17.1 Å². The third kappa shape index (κ3) is 4.76. The zero-order valence-electron chi connectivity index (χ0n) is 19.9. The zero-order chi connectivity index (χ0) is 25.9. The number of phenolic OH excluding ortho intramolecular Hbond substituents is 1. The number of carbonyl (C=O) groups excluding carboxylic acids is 1. The lowest BCUT2D eigenvalue weighted by molar-refractivity contribution is 0.0953. The van der Waals surface area contributed by atoms with Crippen LogP contribution in [0.4, 0.5) is 10.2 Å². The maximum absolute atomic E-state index is 13.3. The van der Waals surface area contributed by atoms with Crippen LogP contribution in [0, 0.1) is 5.82 Å². The van der Waals surface area contributed by atoms with Crippen molar-refractivity contribution in [2.75, 3.05) is 12.3 Å². The molecule has 9 nitrogen and oxygen atoms in total. The first-order valence-electron chi connectivity index (χ1n) is 11.5. The van der Waals surface area contributed by atoms with E-state index in [9.17, 15) is 14.3 Å². The normalized spacial score (nSPS) is 11.4. The first-order chi connectivity index (χ1) is 17.9. The third-order valence-electron chi connectivity index (χ3n) is 5.67. The number of nitrogens with zero attached hydrogens (tertiary/aromatic N) is 4. The smallest absolute Gasteiger partial charge is 0.257 e. The second-order valence-electron chi connectivity index (χ2n) is 8.17. The molecule has 0 atom stereocenters. The number of phenols is 1. The number of fused-ring (bicyclic) bond motifs is 2. The number of hydrogen-bond acceptors (Lipinski definition) is 7. The van der Waals surface area contributed by atoms with E-state index in [-0.39, 0.29) is 29.5 Å². The Bertz CT molecular complexity index is 1650. The molecule has 0 radical (unpaired) electrons. The van der Waals surface area contributed by atoms with Crippen molar-refractivity contribution in [1.82, 2.24) is 20.0 Å². The van der Waals surface area contributed by atoms with E-state index in [0.717, 1.165) is 5.56 Å². The topological polar surface area (TPSA) is 128 Å². The van der Waals surface area contributed by atoms with Crippen molar-refractivity contribution < 1.29 is 19.0 Å². The Balaban J connectivity index is 1.56. The molecule has 186 valence electrons. The van der Waals surface area contributed by atoms with Gasteiger partial charge in [0.1, 0.15) is 22.7 Å². The summed E-state index contributed by atoms with van der Waals surface area (Å²) in [6.45, 7) is 2.38. The number of para-hydroxylation sites is 2. The van der Waals surface area contributed by atoms with Crippen molar-refractivity contribution in [3.8, 4) is 11.5 Å². The quantitative estimate of drug-likeness (QED) is 0.288. The van der Waals surface area contributed by atoms with Gasteiger partial charge < -0.3 is 20.9 Å². The largest absolute Gasteiger partial charge is 0.504 e. The van der Waals surface area contributed by atoms with E-state index in [1.54, 1.807) is 30.3 Å². The SMILES string of the molecule is CCOc1cc(/C=N/n2c(N)c(C(=O)NCc3ccc(F)cc3)c3nc4ccccc4nc32)ccc1O. The van der Waals surface area contributed by atoms with Gasteiger partial charge in [-0.1, -0.05) is 24.3 Å². The van der Waals surface area contributed by atoms with Crippen LogP contribution < -0.4 is 15.8 Å². The highest BCUT2D eigenvalue weighted by atomic mass is 19.1. The standard InChI is InChI=1S/C27H23FN6O3/c1-2-37-22-13-17(9-12-21(22)35)15-31-34-25(29)23(27(36)30-14-16-7-10-18(28)11-8-16)24-26(34)33-20-6-4-3-5-19(20)32-24/h3-13,15,35H,2,14,29H2,1H3,(H,30,36)/b31-15+. The Kier molecular flexibility index (Phi) is 6.38. The van der Waals surface area contributed by atoms with Crippen molar-refractivity contribution in [1.29, 1.82) is 0 Å². The molecule has 3 aromatic carbocycles. The first kappa shape index (κ1) is 23.7.